The fourth-order valence-corrected chi connectivity index (χ4v) is 2.38. The van der Waals surface area contributed by atoms with E-state index in [-0.39, 0.29) is 24.7 Å². The number of esters is 1. The largest absolute Gasteiger partial charge is 0.461 e. The lowest BCUT2D eigenvalue weighted by Gasteiger charge is -2.06. The molecule has 0 aliphatic rings. The van der Waals surface area contributed by atoms with Crippen LogP contribution in [0.25, 0.3) is 11.5 Å². The zero-order chi connectivity index (χ0) is 19.1. The summed E-state index contributed by atoms with van der Waals surface area (Å²) >= 11 is 0. The number of nitrogens with one attached hydrogen (secondary N) is 1. The van der Waals surface area contributed by atoms with Crippen LogP contribution in [0.1, 0.15) is 18.5 Å². The van der Waals surface area contributed by atoms with Crippen LogP contribution in [0.2, 0.25) is 0 Å². The van der Waals surface area contributed by atoms with E-state index in [1.54, 1.807) is 36.4 Å². The summed E-state index contributed by atoms with van der Waals surface area (Å²) in [4.78, 5) is 22.3. The molecule has 1 aromatic carbocycles. The van der Waals surface area contributed by atoms with Gasteiger partial charge in [0.05, 0.1) is 11.2 Å². The fraction of sp³-hybridized carbons (Fsp3) is 0.222. The van der Waals surface area contributed by atoms with Crippen LogP contribution in [0, 0.1) is 10.1 Å². The van der Waals surface area contributed by atoms with Crippen molar-refractivity contribution in [2.45, 2.75) is 19.4 Å². The number of rotatable bonds is 9. The Balaban J connectivity index is 1.39. The molecular weight excluding hydrogens is 354 g/mol. The minimum atomic E-state index is -0.453. The van der Waals surface area contributed by atoms with Gasteiger partial charge in [-0.05, 0) is 24.6 Å². The molecule has 0 fully saturated rings. The maximum atomic E-state index is 11.8. The summed E-state index contributed by atoms with van der Waals surface area (Å²) in [6.45, 7) is 0.410. The van der Waals surface area contributed by atoms with Crippen LogP contribution in [-0.4, -0.2) is 22.6 Å². The van der Waals surface area contributed by atoms with Gasteiger partial charge in [0.25, 0.3) is 5.69 Å². The van der Waals surface area contributed by atoms with E-state index < -0.39 is 4.92 Å². The Morgan fingerprint density at radius 1 is 1.22 bits per heavy atom. The fourth-order valence-electron chi connectivity index (χ4n) is 2.38. The highest BCUT2D eigenvalue weighted by molar-refractivity contribution is 5.69. The van der Waals surface area contributed by atoms with Crippen molar-refractivity contribution < 1.29 is 23.4 Å². The number of hydrogen-bond donors (Lipinski definition) is 1. The second-order valence-electron chi connectivity index (χ2n) is 5.63. The smallest absolute Gasteiger partial charge is 0.306 e. The molecule has 0 saturated carbocycles. The number of hydrogen-bond acceptors (Lipinski definition) is 8. The molecule has 2 heterocycles. The average Bonchev–Trinajstić information content (AvgIpc) is 3.35. The Bertz CT molecular complexity index is 903. The molecule has 0 radical (unpaired) electrons. The molecule has 0 spiro atoms. The Morgan fingerprint density at radius 3 is 2.85 bits per heavy atom. The number of benzene rings is 1. The summed E-state index contributed by atoms with van der Waals surface area (Å²) in [7, 11) is 0. The number of aromatic nitrogens is 1. The number of nitrogens with zero attached hydrogens (tertiary/aromatic N) is 2. The molecule has 0 unspecified atom stereocenters. The lowest BCUT2D eigenvalue weighted by molar-refractivity contribution is -0.384. The van der Waals surface area contributed by atoms with E-state index in [9.17, 15) is 14.9 Å². The standard InChI is InChI=1S/C18H17N3O6/c22-18(8-3-9-19-14-5-1-2-6-15(14)21(23)24)26-12-13-11-17(27-20-13)16-7-4-10-25-16/h1-2,4-7,10-11,19H,3,8-9,12H2. The molecule has 0 saturated heterocycles. The molecule has 9 heteroatoms. The lowest BCUT2D eigenvalue weighted by atomic mass is 10.2. The van der Waals surface area contributed by atoms with Crippen LogP contribution in [0.3, 0.4) is 0 Å². The maximum absolute atomic E-state index is 11.8. The van der Waals surface area contributed by atoms with Crippen molar-refractivity contribution in [1.82, 2.24) is 5.16 Å². The third kappa shape index (κ3) is 4.94. The van der Waals surface area contributed by atoms with Gasteiger partial charge in [0.2, 0.25) is 5.76 Å². The van der Waals surface area contributed by atoms with E-state index in [1.807, 2.05) is 0 Å². The summed E-state index contributed by atoms with van der Waals surface area (Å²) in [5.41, 5.74) is 0.898. The SMILES string of the molecule is O=C(CCCNc1ccccc1[N+](=O)[O-])OCc1cc(-c2ccco2)on1. The molecule has 0 bridgehead atoms. The maximum Gasteiger partial charge on any atom is 0.306 e. The van der Waals surface area contributed by atoms with Crippen LogP contribution in [0.4, 0.5) is 11.4 Å². The number of carbonyl (C=O) groups is 1. The number of para-hydroxylation sites is 2. The van der Waals surface area contributed by atoms with Crippen molar-refractivity contribution in [1.29, 1.82) is 0 Å². The number of anilines is 1. The molecule has 27 heavy (non-hydrogen) atoms. The van der Waals surface area contributed by atoms with Gasteiger partial charge in [-0.2, -0.15) is 0 Å². The minimum Gasteiger partial charge on any atom is -0.461 e. The molecule has 0 atom stereocenters. The van der Waals surface area contributed by atoms with E-state index in [2.05, 4.69) is 10.5 Å². The van der Waals surface area contributed by atoms with Crippen LogP contribution >= 0.6 is 0 Å². The first-order valence-corrected chi connectivity index (χ1v) is 8.26. The molecule has 0 aliphatic heterocycles. The van der Waals surface area contributed by atoms with E-state index in [4.69, 9.17) is 13.7 Å². The Kier molecular flexibility index (Phi) is 5.83. The van der Waals surface area contributed by atoms with Gasteiger partial charge in [0.15, 0.2) is 5.76 Å². The highest BCUT2D eigenvalue weighted by atomic mass is 16.6. The molecule has 1 N–H and O–H groups in total. The minimum absolute atomic E-state index is 0.000623. The van der Waals surface area contributed by atoms with Gasteiger partial charge in [-0.25, -0.2) is 0 Å². The first-order chi connectivity index (χ1) is 13.1. The highest BCUT2D eigenvalue weighted by Crippen LogP contribution is 2.23. The Morgan fingerprint density at radius 2 is 2.07 bits per heavy atom. The van der Waals surface area contributed by atoms with Crippen molar-refractivity contribution >= 4 is 17.3 Å². The van der Waals surface area contributed by atoms with Crippen molar-refractivity contribution in [3.8, 4) is 11.5 Å². The van der Waals surface area contributed by atoms with E-state index in [1.165, 1.54) is 12.3 Å². The quantitative estimate of drug-likeness (QED) is 0.261. The summed E-state index contributed by atoms with van der Waals surface area (Å²) in [6.07, 6.45) is 2.17. The Labute approximate surface area is 154 Å². The average molecular weight is 371 g/mol. The lowest BCUT2D eigenvalue weighted by Crippen LogP contribution is -2.09. The van der Waals surface area contributed by atoms with Crippen molar-refractivity contribution in [3.63, 3.8) is 0 Å². The molecule has 2 aromatic heterocycles. The number of nitro groups is 1. The van der Waals surface area contributed by atoms with Crippen molar-refractivity contribution in [2.24, 2.45) is 0 Å². The van der Waals surface area contributed by atoms with Crippen molar-refractivity contribution in [3.05, 3.63) is 64.5 Å². The monoisotopic (exact) mass is 371 g/mol. The summed E-state index contributed by atoms with van der Waals surface area (Å²) in [5, 5.41) is 17.7. The number of furan rings is 1. The van der Waals surface area contributed by atoms with Crippen LogP contribution in [0.15, 0.2) is 57.7 Å². The summed E-state index contributed by atoms with van der Waals surface area (Å²) in [6, 6.07) is 11.5. The van der Waals surface area contributed by atoms with Crippen molar-refractivity contribution in [2.75, 3.05) is 11.9 Å². The predicted octanol–water partition coefficient (Wildman–Crippen LogP) is 3.78. The molecule has 140 valence electrons. The van der Waals surface area contributed by atoms with Gasteiger partial charge in [-0.15, -0.1) is 0 Å². The van der Waals surface area contributed by atoms with Gasteiger partial charge < -0.3 is 19.0 Å². The van der Waals surface area contributed by atoms with Crippen LogP contribution in [-0.2, 0) is 16.1 Å². The van der Waals surface area contributed by atoms with Gasteiger partial charge in [-0.1, -0.05) is 17.3 Å². The molecular formula is C18H17N3O6. The third-order valence-corrected chi connectivity index (χ3v) is 3.68. The second-order valence-corrected chi connectivity index (χ2v) is 5.63. The van der Waals surface area contributed by atoms with E-state index in [0.717, 1.165) is 0 Å². The van der Waals surface area contributed by atoms with Gasteiger partial charge >= 0.3 is 5.97 Å². The molecule has 0 amide bonds. The first-order valence-electron chi connectivity index (χ1n) is 8.26. The third-order valence-electron chi connectivity index (χ3n) is 3.68. The summed E-state index contributed by atoms with van der Waals surface area (Å²) in [5.74, 6) is 0.614. The number of carbonyl (C=O) groups excluding carboxylic acids is 1. The predicted molar refractivity (Wildman–Crippen MR) is 94.8 cm³/mol. The second kappa shape index (κ2) is 8.65. The Hall–Kier alpha value is -3.62. The van der Waals surface area contributed by atoms with Crippen LogP contribution in [0.5, 0.6) is 0 Å². The van der Waals surface area contributed by atoms with Crippen LogP contribution < -0.4 is 5.32 Å². The normalized spacial score (nSPS) is 10.5. The number of nitro benzene ring substituents is 1. The molecule has 3 rings (SSSR count). The van der Waals surface area contributed by atoms with Gasteiger partial charge in [0, 0.05) is 25.1 Å². The van der Waals surface area contributed by atoms with E-state index >= 15 is 0 Å². The zero-order valence-corrected chi connectivity index (χ0v) is 14.3. The topological polar surface area (TPSA) is 121 Å². The van der Waals surface area contributed by atoms with E-state index in [0.29, 0.717) is 35.9 Å². The zero-order valence-electron chi connectivity index (χ0n) is 14.3. The molecule has 3 aromatic rings. The van der Waals surface area contributed by atoms with Gasteiger partial charge in [0.1, 0.15) is 18.0 Å². The number of ether oxygens (including phenoxy) is 1. The summed E-state index contributed by atoms with van der Waals surface area (Å²) < 4.78 is 15.5. The molecule has 9 nitrogen and oxygen atoms in total. The van der Waals surface area contributed by atoms with Gasteiger partial charge in [-0.3, -0.25) is 14.9 Å². The first kappa shape index (κ1) is 18.2. The highest BCUT2D eigenvalue weighted by Gasteiger charge is 2.13. The molecule has 0 aliphatic carbocycles.